The molecular weight excluding hydrogens is 264 g/mol. The van der Waals surface area contributed by atoms with Crippen LogP contribution in [0.15, 0.2) is 10.8 Å². The minimum absolute atomic E-state index is 0.476. The normalized spacial score (nSPS) is 20.1. The highest BCUT2D eigenvalue weighted by atomic mass is 79.9. The fraction of sp³-hybridized carbons (Fsp3) is 0.556. The van der Waals surface area contributed by atoms with Gasteiger partial charge in [0.15, 0.2) is 0 Å². The molecule has 0 bridgehead atoms. The molecule has 0 atom stereocenters. The maximum absolute atomic E-state index is 11.4. The largest absolute Gasteiger partial charge is 0.481 e. The summed E-state index contributed by atoms with van der Waals surface area (Å²) in [5, 5.41) is 15.9. The Morgan fingerprint density at radius 1 is 1.60 bits per heavy atom. The molecule has 0 aliphatic carbocycles. The van der Waals surface area contributed by atoms with Crippen molar-refractivity contribution >= 4 is 21.9 Å². The Bertz CT molecular complexity index is 371. The zero-order valence-corrected chi connectivity index (χ0v) is 9.58. The third kappa shape index (κ3) is 1.68. The third-order valence-corrected chi connectivity index (χ3v) is 3.47. The van der Waals surface area contributed by atoms with E-state index in [2.05, 4.69) is 26.1 Å². The van der Waals surface area contributed by atoms with Gasteiger partial charge in [0.1, 0.15) is 10.0 Å². The lowest BCUT2D eigenvalue weighted by Crippen LogP contribution is -2.41. The summed E-state index contributed by atoms with van der Waals surface area (Å²) in [4.78, 5) is 11.4. The van der Waals surface area contributed by atoms with Crippen LogP contribution >= 0.6 is 15.9 Å². The van der Waals surface area contributed by atoms with Gasteiger partial charge in [-0.15, -0.1) is 0 Å². The van der Waals surface area contributed by atoms with E-state index in [0.29, 0.717) is 36.2 Å². The van der Waals surface area contributed by atoms with Gasteiger partial charge in [0.05, 0.1) is 6.20 Å². The first-order chi connectivity index (χ1) is 7.17. The number of carbonyl (C=O) groups is 1. The van der Waals surface area contributed by atoms with Gasteiger partial charge >= 0.3 is 5.97 Å². The molecule has 0 amide bonds. The zero-order chi connectivity index (χ0) is 10.9. The summed E-state index contributed by atoms with van der Waals surface area (Å²) in [5.41, 5.74) is -0.150. The zero-order valence-electron chi connectivity index (χ0n) is 7.99. The number of H-pyrrole nitrogens is 1. The van der Waals surface area contributed by atoms with Gasteiger partial charge in [0, 0.05) is 18.8 Å². The second-order valence-corrected chi connectivity index (χ2v) is 4.39. The number of nitrogens with zero attached hydrogens (tertiary/aromatic N) is 1. The lowest BCUT2D eigenvalue weighted by atomic mass is 9.75. The van der Waals surface area contributed by atoms with Crippen LogP contribution in [0, 0.1) is 0 Å². The molecule has 15 heavy (non-hydrogen) atoms. The Labute approximate surface area is 94.9 Å². The van der Waals surface area contributed by atoms with Gasteiger partial charge in [0.2, 0.25) is 0 Å². The van der Waals surface area contributed by atoms with Crippen molar-refractivity contribution in [3.05, 3.63) is 16.4 Å². The molecule has 6 heteroatoms. The predicted octanol–water partition coefficient (Wildman–Crippen LogP) is 1.30. The summed E-state index contributed by atoms with van der Waals surface area (Å²) < 4.78 is 5.85. The molecular formula is C9H11BrN2O3. The molecule has 0 aromatic carbocycles. The van der Waals surface area contributed by atoms with Crippen LogP contribution in [0.5, 0.6) is 0 Å². The van der Waals surface area contributed by atoms with Gasteiger partial charge in [-0.2, -0.15) is 5.10 Å². The monoisotopic (exact) mass is 274 g/mol. The molecule has 2 heterocycles. The standard InChI is InChI=1S/C9H11BrN2O3/c10-7-6(5-11-12-7)9(8(13)14)1-3-15-4-2-9/h5H,1-4H2,(H,11,12)(H,13,14). The molecule has 1 aliphatic rings. The second-order valence-electron chi connectivity index (χ2n) is 3.60. The minimum Gasteiger partial charge on any atom is -0.481 e. The van der Waals surface area contributed by atoms with Gasteiger partial charge in [0.25, 0.3) is 0 Å². The highest BCUT2D eigenvalue weighted by Gasteiger charge is 2.44. The van der Waals surface area contributed by atoms with Crippen molar-refractivity contribution in [2.24, 2.45) is 0 Å². The lowest BCUT2D eigenvalue weighted by Gasteiger charge is -2.32. The number of carboxylic acid groups (broad SMARTS) is 1. The minimum atomic E-state index is -0.857. The maximum atomic E-state index is 11.4. The molecule has 82 valence electrons. The van der Waals surface area contributed by atoms with E-state index in [0.717, 1.165) is 0 Å². The quantitative estimate of drug-likeness (QED) is 0.853. The van der Waals surface area contributed by atoms with Crippen molar-refractivity contribution in [2.45, 2.75) is 18.3 Å². The summed E-state index contributed by atoms with van der Waals surface area (Å²) in [7, 11) is 0. The number of hydrogen-bond acceptors (Lipinski definition) is 3. The lowest BCUT2D eigenvalue weighted by molar-refractivity contribution is -0.147. The molecule has 1 aromatic rings. The highest BCUT2D eigenvalue weighted by Crippen LogP contribution is 2.38. The smallest absolute Gasteiger partial charge is 0.314 e. The van der Waals surface area contributed by atoms with Gasteiger partial charge in [-0.25, -0.2) is 0 Å². The molecule has 2 N–H and O–H groups in total. The second kappa shape index (κ2) is 3.94. The van der Waals surface area contributed by atoms with E-state index < -0.39 is 11.4 Å². The number of ether oxygens (including phenoxy) is 1. The van der Waals surface area contributed by atoms with Gasteiger partial charge in [-0.1, -0.05) is 0 Å². The number of halogens is 1. The van der Waals surface area contributed by atoms with Gasteiger partial charge < -0.3 is 9.84 Å². The number of rotatable bonds is 2. The Morgan fingerprint density at radius 2 is 2.27 bits per heavy atom. The summed E-state index contributed by atoms with van der Waals surface area (Å²) in [6, 6.07) is 0. The molecule has 0 spiro atoms. The van der Waals surface area contributed by atoms with Crippen LogP contribution in [-0.2, 0) is 14.9 Å². The van der Waals surface area contributed by atoms with Crippen LogP contribution in [0.1, 0.15) is 18.4 Å². The van der Waals surface area contributed by atoms with E-state index in [1.165, 1.54) is 0 Å². The number of carboxylic acids is 1. The summed E-state index contributed by atoms with van der Waals surface area (Å²) in [6.45, 7) is 0.952. The van der Waals surface area contributed by atoms with Crippen molar-refractivity contribution < 1.29 is 14.6 Å². The molecule has 0 saturated carbocycles. The molecule has 5 nitrogen and oxygen atoms in total. The predicted molar refractivity (Wildman–Crippen MR) is 55.7 cm³/mol. The molecule has 1 aliphatic heterocycles. The first kappa shape index (κ1) is 10.6. The summed E-state index contributed by atoms with van der Waals surface area (Å²) in [5.74, 6) is -0.812. The van der Waals surface area contributed by atoms with Crippen LogP contribution in [0.25, 0.3) is 0 Å². The first-order valence-electron chi connectivity index (χ1n) is 4.67. The van der Waals surface area contributed by atoms with Crippen molar-refractivity contribution in [1.29, 1.82) is 0 Å². The average molecular weight is 275 g/mol. The number of aromatic amines is 1. The fourth-order valence-corrected chi connectivity index (χ4v) is 2.51. The van der Waals surface area contributed by atoms with Crippen LogP contribution < -0.4 is 0 Å². The topological polar surface area (TPSA) is 75.2 Å². The van der Waals surface area contributed by atoms with E-state index in [4.69, 9.17) is 4.74 Å². The van der Waals surface area contributed by atoms with Crippen molar-refractivity contribution in [3.63, 3.8) is 0 Å². The highest BCUT2D eigenvalue weighted by molar-refractivity contribution is 9.10. The third-order valence-electron chi connectivity index (χ3n) is 2.86. The van der Waals surface area contributed by atoms with Crippen LogP contribution in [0.4, 0.5) is 0 Å². The molecule has 2 rings (SSSR count). The maximum Gasteiger partial charge on any atom is 0.314 e. The fourth-order valence-electron chi connectivity index (χ4n) is 1.92. The average Bonchev–Trinajstić information content (AvgIpc) is 2.66. The summed E-state index contributed by atoms with van der Waals surface area (Å²) in [6.07, 6.45) is 2.55. The summed E-state index contributed by atoms with van der Waals surface area (Å²) >= 11 is 3.28. The van der Waals surface area contributed by atoms with E-state index >= 15 is 0 Å². The van der Waals surface area contributed by atoms with E-state index in [1.807, 2.05) is 0 Å². The van der Waals surface area contributed by atoms with Crippen molar-refractivity contribution in [2.75, 3.05) is 13.2 Å². The van der Waals surface area contributed by atoms with Crippen LogP contribution in [0.3, 0.4) is 0 Å². The molecule has 0 unspecified atom stereocenters. The molecule has 0 radical (unpaired) electrons. The van der Waals surface area contributed by atoms with E-state index in [9.17, 15) is 9.90 Å². The van der Waals surface area contributed by atoms with Crippen LogP contribution in [0.2, 0.25) is 0 Å². The Hall–Kier alpha value is -0.880. The Morgan fingerprint density at radius 3 is 2.73 bits per heavy atom. The van der Waals surface area contributed by atoms with E-state index in [1.54, 1.807) is 6.20 Å². The molecule has 1 fully saturated rings. The Kier molecular flexibility index (Phi) is 2.79. The number of aliphatic carboxylic acids is 1. The van der Waals surface area contributed by atoms with Gasteiger partial charge in [-0.3, -0.25) is 9.89 Å². The number of nitrogens with one attached hydrogen (secondary N) is 1. The molecule has 1 saturated heterocycles. The van der Waals surface area contributed by atoms with Crippen molar-refractivity contribution in [1.82, 2.24) is 10.2 Å². The number of hydrogen-bond donors (Lipinski definition) is 2. The SMILES string of the molecule is O=C(O)C1(c2cn[nH]c2Br)CCOCC1. The Balaban J connectivity index is 2.42. The van der Waals surface area contributed by atoms with Gasteiger partial charge in [-0.05, 0) is 28.8 Å². The van der Waals surface area contributed by atoms with E-state index in [-0.39, 0.29) is 0 Å². The number of aromatic nitrogens is 2. The van der Waals surface area contributed by atoms with Crippen molar-refractivity contribution in [3.8, 4) is 0 Å². The first-order valence-corrected chi connectivity index (χ1v) is 5.46. The molecule has 1 aromatic heterocycles. The van der Waals surface area contributed by atoms with Crippen LogP contribution in [-0.4, -0.2) is 34.5 Å².